The van der Waals surface area contributed by atoms with Crippen molar-refractivity contribution in [1.29, 1.82) is 0 Å². The molecule has 1 saturated heterocycles. The van der Waals surface area contributed by atoms with E-state index in [4.69, 9.17) is 4.74 Å². The Morgan fingerprint density at radius 3 is 2.84 bits per heavy atom. The summed E-state index contributed by atoms with van der Waals surface area (Å²) in [5, 5.41) is 2.73. The second-order valence-electron chi connectivity index (χ2n) is 4.34. The van der Waals surface area contributed by atoms with Gasteiger partial charge in [0, 0.05) is 13.1 Å². The maximum absolute atomic E-state index is 11.4. The third kappa shape index (κ3) is 4.26. The Morgan fingerprint density at radius 1 is 1.37 bits per heavy atom. The van der Waals surface area contributed by atoms with Crippen LogP contribution in [0.1, 0.15) is 12.0 Å². The van der Waals surface area contributed by atoms with Gasteiger partial charge in [-0.15, -0.1) is 0 Å². The van der Waals surface area contributed by atoms with Crippen molar-refractivity contribution in [2.75, 3.05) is 13.1 Å². The molecule has 1 atom stereocenters. The summed E-state index contributed by atoms with van der Waals surface area (Å²) >= 11 is 0. The molecule has 0 radical (unpaired) electrons. The minimum atomic E-state index is -0.553. The first-order valence-corrected chi connectivity index (χ1v) is 6.23. The van der Waals surface area contributed by atoms with Gasteiger partial charge in [0.2, 0.25) is 5.91 Å². The van der Waals surface area contributed by atoms with Gasteiger partial charge in [-0.2, -0.15) is 0 Å². The van der Waals surface area contributed by atoms with Gasteiger partial charge in [0.05, 0.1) is 5.92 Å². The van der Waals surface area contributed by atoms with Crippen LogP contribution in [0.4, 0.5) is 4.79 Å². The van der Waals surface area contributed by atoms with E-state index in [9.17, 15) is 9.59 Å². The number of hydrogen-bond acceptors (Lipinski definition) is 4. The van der Waals surface area contributed by atoms with E-state index in [1.807, 2.05) is 30.3 Å². The highest BCUT2D eigenvalue weighted by Gasteiger charge is 2.23. The molecule has 1 aliphatic heterocycles. The molecule has 6 nitrogen and oxygen atoms in total. The summed E-state index contributed by atoms with van der Waals surface area (Å²) in [5.41, 5.74) is 6.04. The number of rotatable bonds is 5. The minimum Gasteiger partial charge on any atom is -0.444 e. The summed E-state index contributed by atoms with van der Waals surface area (Å²) in [6, 6.07) is 9.42. The Balaban J connectivity index is 1.61. The molecule has 1 fully saturated rings. The van der Waals surface area contributed by atoms with E-state index in [1.165, 1.54) is 0 Å². The van der Waals surface area contributed by atoms with Crippen molar-refractivity contribution >= 4 is 12.0 Å². The number of nitrogens with one attached hydrogen (secondary N) is 3. The molecule has 0 aromatic heterocycles. The molecule has 19 heavy (non-hydrogen) atoms. The van der Waals surface area contributed by atoms with Gasteiger partial charge in [0.25, 0.3) is 0 Å². The fourth-order valence-electron chi connectivity index (χ4n) is 1.85. The number of amides is 2. The summed E-state index contributed by atoms with van der Waals surface area (Å²) in [5.74, 6) is -0.0682. The highest BCUT2D eigenvalue weighted by Crippen LogP contribution is 2.06. The first-order chi connectivity index (χ1) is 9.25. The van der Waals surface area contributed by atoms with Crippen LogP contribution in [0.3, 0.4) is 0 Å². The van der Waals surface area contributed by atoms with Crippen molar-refractivity contribution < 1.29 is 14.3 Å². The minimum absolute atomic E-state index is 0.0203. The van der Waals surface area contributed by atoms with Crippen molar-refractivity contribution in [1.82, 2.24) is 16.2 Å². The first kappa shape index (κ1) is 13.4. The molecular formula is C13H17N3O3. The Bertz CT molecular complexity index is 436. The van der Waals surface area contributed by atoms with Gasteiger partial charge in [-0.3, -0.25) is 10.2 Å². The van der Waals surface area contributed by atoms with E-state index in [2.05, 4.69) is 16.2 Å². The predicted molar refractivity (Wildman–Crippen MR) is 68.9 cm³/mol. The van der Waals surface area contributed by atoms with Gasteiger partial charge in [-0.25, -0.2) is 10.2 Å². The van der Waals surface area contributed by atoms with Crippen molar-refractivity contribution in [3.8, 4) is 0 Å². The molecule has 2 amide bonds. The van der Waals surface area contributed by atoms with Gasteiger partial charge in [0.15, 0.2) is 0 Å². The van der Waals surface area contributed by atoms with Gasteiger partial charge in [-0.05, 0) is 12.0 Å². The summed E-state index contributed by atoms with van der Waals surface area (Å²) in [6.45, 7) is 1.33. The lowest BCUT2D eigenvalue weighted by Gasteiger charge is -2.10. The van der Waals surface area contributed by atoms with Crippen molar-refractivity contribution in [3.63, 3.8) is 0 Å². The van der Waals surface area contributed by atoms with Crippen molar-refractivity contribution in [3.05, 3.63) is 35.9 Å². The number of hydrogen-bond donors (Lipinski definition) is 3. The zero-order valence-electron chi connectivity index (χ0n) is 10.5. The topological polar surface area (TPSA) is 79.5 Å². The molecule has 0 spiro atoms. The third-order valence-electron chi connectivity index (χ3n) is 2.91. The molecule has 0 bridgehead atoms. The summed E-state index contributed by atoms with van der Waals surface area (Å²) in [6.07, 6.45) is 0.231. The second kappa shape index (κ2) is 6.75. The summed E-state index contributed by atoms with van der Waals surface area (Å²) in [4.78, 5) is 22.6. The second-order valence-corrected chi connectivity index (χ2v) is 4.34. The standard InChI is InChI=1S/C13H17N3O3/c17-12-11(6-7-14-12)8-15-16-13(18)19-9-10-4-2-1-3-5-10/h1-5,11,15H,6-9H2,(H,14,17)(H,16,18). The van der Waals surface area contributed by atoms with Crippen LogP contribution < -0.4 is 16.2 Å². The quantitative estimate of drug-likeness (QED) is 0.678. The van der Waals surface area contributed by atoms with Gasteiger partial charge >= 0.3 is 6.09 Å². The molecule has 3 N–H and O–H groups in total. The predicted octanol–water partition coefficient (Wildman–Crippen LogP) is 0.554. The van der Waals surface area contributed by atoms with Crippen molar-refractivity contribution in [2.45, 2.75) is 13.0 Å². The Morgan fingerprint density at radius 2 is 2.16 bits per heavy atom. The Labute approximate surface area is 111 Å². The zero-order chi connectivity index (χ0) is 13.5. The number of ether oxygens (including phenoxy) is 1. The summed E-state index contributed by atoms with van der Waals surface area (Å²) < 4.78 is 5.01. The highest BCUT2D eigenvalue weighted by atomic mass is 16.6. The maximum Gasteiger partial charge on any atom is 0.421 e. The monoisotopic (exact) mass is 263 g/mol. The van der Waals surface area contributed by atoms with Crippen LogP contribution in [0, 0.1) is 5.92 Å². The zero-order valence-corrected chi connectivity index (χ0v) is 10.5. The van der Waals surface area contributed by atoms with Crippen LogP contribution in [0.5, 0.6) is 0 Å². The van der Waals surface area contributed by atoms with E-state index in [0.29, 0.717) is 13.1 Å². The molecule has 0 aliphatic carbocycles. The molecule has 1 unspecified atom stereocenters. The Hall–Kier alpha value is -2.08. The lowest BCUT2D eigenvalue weighted by Crippen LogP contribution is -2.41. The SMILES string of the molecule is O=C(NNCC1CCNC1=O)OCc1ccccc1. The number of benzene rings is 1. The first-order valence-electron chi connectivity index (χ1n) is 6.23. The molecule has 0 saturated carbocycles. The van der Waals surface area contributed by atoms with Gasteiger partial charge in [-0.1, -0.05) is 30.3 Å². The molecule has 6 heteroatoms. The Kier molecular flexibility index (Phi) is 4.74. The maximum atomic E-state index is 11.4. The smallest absolute Gasteiger partial charge is 0.421 e. The van der Waals surface area contributed by atoms with E-state index < -0.39 is 6.09 Å². The molecular weight excluding hydrogens is 246 g/mol. The van der Waals surface area contributed by atoms with Crippen LogP contribution in [0.25, 0.3) is 0 Å². The van der Waals surface area contributed by atoms with Gasteiger partial charge in [0.1, 0.15) is 6.61 Å². The number of carbonyl (C=O) groups excluding carboxylic acids is 2. The van der Waals surface area contributed by atoms with Crippen molar-refractivity contribution in [2.24, 2.45) is 5.92 Å². The largest absolute Gasteiger partial charge is 0.444 e. The van der Waals surface area contributed by atoms with E-state index in [-0.39, 0.29) is 18.4 Å². The van der Waals surface area contributed by atoms with E-state index in [1.54, 1.807) is 0 Å². The molecule has 1 aliphatic rings. The summed E-state index contributed by atoms with van der Waals surface area (Å²) in [7, 11) is 0. The van der Waals surface area contributed by atoms with E-state index in [0.717, 1.165) is 12.0 Å². The van der Waals surface area contributed by atoms with E-state index >= 15 is 0 Å². The molecule has 1 aromatic carbocycles. The lowest BCUT2D eigenvalue weighted by molar-refractivity contribution is -0.122. The number of hydrazine groups is 1. The van der Waals surface area contributed by atoms with Crippen LogP contribution in [-0.2, 0) is 16.1 Å². The molecule has 1 aromatic rings. The normalized spacial score (nSPS) is 17.9. The molecule has 2 rings (SSSR count). The fraction of sp³-hybridized carbons (Fsp3) is 0.385. The average molecular weight is 263 g/mol. The average Bonchev–Trinajstić information content (AvgIpc) is 2.83. The van der Waals surface area contributed by atoms with Crippen LogP contribution >= 0.6 is 0 Å². The highest BCUT2D eigenvalue weighted by molar-refractivity contribution is 5.80. The molecule has 102 valence electrons. The van der Waals surface area contributed by atoms with Crippen LogP contribution in [-0.4, -0.2) is 25.1 Å². The molecule has 1 heterocycles. The van der Waals surface area contributed by atoms with Crippen LogP contribution in [0.2, 0.25) is 0 Å². The van der Waals surface area contributed by atoms with Crippen LogP contribution in [0.15, 0.2) is 30.3 Å². The van der Waals surface area contributed by atoms with Gasteiger partial charge < -0.3 is 10.1 Å². The fourth-order valence-corrected chi connectivity index (χ4v) is 1.85. The number of carbonyl (C=O) groups is 2. The lowest BCUT2D eigenvalue weighted by atomic mass is 10.1. The third-order valence-corrected chi connectivity index (χ3v) is 2.91.